The lowest BCUT2D eigenvalue weighted by Gasteiger charge is -2.41. The molecule has 0 saturated carbocycles. The zero-order valence-corrected chi connectivity index (χ0v) is 11.4. The summed E-state index contributed by atoms with van der Waals surface area (Å²) in [7, 11) is 1.90. The average molecular weight is 226 g/mol. The van der Waals surface area contributed by atoms with E-state index in [1.807, 2.05) is 11.9 Å². The molecule has 1 heterocycles. The third kappa shape index (κ3) is 3.78. The number of hydrogen-bond donors (Lipinski definition) is 0. The van der Waals surface area contributed by atoms with E-state index in [0.29, 0.717) is 5.92 Å². The maximum Gasteiger partial charge on any atom is 0.219 e. The molecule has 0 aromatic carbocycles. The summed E-state index contributed by atoms with van der Waals surface area (Å²) in [5.41, 5.74) is 0.289. The van der Waals surface area contributed by atoms with Crippen molar-refractivity contribution in [3.05, 3.63) is 0 Å². The molecule has 16 heavy (non-hydrogen) atoms. The number of carbonyl (C=O) groups excluding carboxylic acids is 1. The fourth-order valence-corrected chi connectivity index (χ4v) is 2.30. The van der Waals surface area contributed by atoms with Gasteiger partial charge in [0, 0.05) is 26.1 Å². The van der Waals surface area contributed by atoms with Gasteiger partial charge in [0.1, 0.15) is 0 Å². The van der Waals surface area contributed by atoms with Crippen molar-refractivity contribution in [2.75, 3.05) is 26.7 Å². The van der Waals surface area contributed by atoms with Crippen molar-refractivity contribution < 1.29 is 4.79 Å². The second-order valence-electron chi connectivity index (χ2n) is 6.00. The molecular formula is C13H26N2O. The van der Waals surface area contributed by atoms with Gasteiger partial charge in [-0.05, 0) is 52.6 Å². The van der Waals surface area contributed by atoms with Gasteiger partial charge in [-0.2, -0.15) is 0 Å². The van der Waals surface area contributed by atoms with E-state index in [-0.39, 0.29) is 11.4 Å². The summed E-state index contributed by atoms with van der Waals surface area (Å²) >= 11 is 0. The van der Waals surface area contributed by atoms with Crippen LogP contribution < -0.4 is 0 Å². The zero-order chi connectivity index (χ0) is 12.3. The van der Waals surface area contributed by atoms with Gasteiger partial charge < -0.3 is 4.90 Å². The van der Waals surface area contributed by atoms with Crippen LogP contribution >= 0.6 is 0 Å². The highest BCUT2D eigenvalue weighted by molar-refractivity contribution is 5.72. The number of carbonyl (C=O) groups is 1. The lowest BCUT2D eigenvalue weighted by molar-refractivity contribution is -0.128. The molecule has 1 fully saturated rings. The molecule has 0 aliphatic carbocycles. The Hall–Kier alpha value is -0.570. The molecule has 1 amide bonds. The van der Waals surface area contributed by atoms with Crippen LogP contribution in [0.3, 0.4) is 0 Å². The minimum Gasteiger partial charge on any atom is -0.346 e. The van der Waals surface area contributed by atoms with Crippen molar-refractivity contribution in [3.63, 3.8) is 0 Å². The van der Waals surface area contributed by atoms with Crippen LogP contribution in [-0.2, 0) is 4.79 Å². The Labute approximate surface area is 99.8 Å². The Kier molecular flexibility index (Phi) is 4.36. The van der Waals surface area contributed by atoms with Gasteiger partial charge in [0.25, 0.3) is 0 Å². The van der Waals surface area contributed by atoms with Crippen molar-refractivity contribution in [2.24, 2.45) is 5.92 Å². The topological polar surface area (TPSA) is 23.6 Å². The first kappa shape index (κ1) is 13.5. The lowest BCUT2D eigenvalue weighted by Crippen LogP contribution is -2.47. The van der Waals surface area contributed by atoms with Crippen LogP contribution in [0.4, 0.5) is 0 Å². The van der Waals surface area contributed by atoms with E-state index in [4.69, 9.17) is 0 Å². The van der Waals surface area contributed by atoms with Gasteiger partial charge in [-0.3, -0.25) is 9.69 Å². The van der Waals surface area contributed by atoms with Crippen molar-refractivity contribution >= 4 is 5.91 Å². The normalized spacial score (nSPS) is 19.8. The van der Waals surface area contributed by atoms with Gasteiger partial charge >= 0.3 is 0 Å². The van der Waals surface area contributed by atoms with Crippen LogP contribution in [0, 0.1) is 5.92 Å². The number of amides is 1. The first-order valence-electron chi connectivity index (χ1n) is 6.27. The predicted octanol–water partition coefficient (Wildman–Crippen LogP) is 1.98. The summed E-state index contributed by atoms with van der Waals surface area (Å²) in [5, 5.41) is 0. The standard InChI is InChI=1S/C13H26N2O/c1-11(16)14(5)10-12-6-8-15(9-7-12)13(2,3)4/h12H,6-10H2,1-5H3. The molecule has 3 nitrogen and oxygen atoms in total. The quantitative estimate of drug-likeness (QED) is 0.719. The van der Waals surface area contributed by atoms with Gasteiger partial charge in [0.05, 0.1) is 0 Å². The zero-order valence-electron chi connectivity index (χ0n) is 11.4. The summed E-state index contributed by atoms with van der Waals surface area (Å²) in [6.07, 6.45) is 2.43. The maximum atomic E-state index is 11.2. The fraction of sp³-hybridized carbons (Fsp3) is 0.923. The number of likely N-dealkylation sites (tertiary alicyclic amines) is 1. The molecule has 0 N–H and O–H groups in total. The number of rotatable bonds is 2. The SMILES string of the molecule is CC(=O)N(C)CC1CCN(C(C)(C)C)CC1. The largest absolute Gasteiger partial charge is 0.346 e. The molecule has 1 saturated heterocycles. The molecule has 3 heteroatoms. The molecule has 0 aromatic heterocycles. The summed E-state index contributed by atoms with van der Waals surface area (Å²) in [6.45, 7) is 11.7. The second kappa shape index (κ2) is 5.17. The number of nitrogens with zero attached hydrogens (tertiary/aromatic N) is 2. The van der Waals surface area contributed by atoms with Crippen LogP contribution in [0.15, 0.2) is 0 Å². The molecule has 0 spiro atoms. The number of hydrogen-bond acceptors (Lipinski definition) is 2. The van der Waals surface area contributed by atoms with Crippen LogP contribution in [0.1, 0.15) is 40.5 Å². The Balaban J connectivity index is 2.35. The van der Waals surface area contributed by atoms with Gasteiger partial charge in [0.2, 0.25) is 5.91 Å². The van der Waals surface area contributed by atoms with E-state index in [0.717, 1.165) is 6.54 Å². The Morgan fingerprint density at radius 3 is 2.19 bits per heavy atom. The first-order chi connectivity index (χ1) is 7.30. The molecule has 0 unspecified atom stereocenters. The van der Waals surface area contributed by atoms with E-state index < -0.39 is 0 Å². The monoisotopic (exact) mass is 226 g/mol. The maximum absolute atomic E-state index is 11.2. The minimum absolute atomic E-state index is 0.179. The van der Waals surface area contributed by atoms with Crippen molar-refractivity contribution in [3.8, 4) is 0 Å². The molecule has 1 rings (SSSR count). The fourth-order valence-electron chi connectivity index (χ4n) is 2.30. The molecule has 0 aromatic rings. The summed E-state index contributed by atoms with van der Waals surface area (Å²) in [6, 6.07) is 0. The smallest absolute Gasteiger partial charge is 0.219 e. The number of piperidine rings is 1. The second-order valence-corrected chi connectivity index (χ2v) is 6.00. The molecule has 94 valence electrons. The van der Waals surface area contributed by atoms with Crippen molar-refractivity contribution in [2.45, 2.75) is 46.1 Å². The third-order valence-corrected chi connectivity index (χ3v) is 3.63. The highest BCUT2D eigenvalue weighted by atomic mass is 16.2. The Bertz CT molecular complexity index is 237. The Morgan fingerprint density at radius 1 is 1.31 bits per heavy atom. The van der Waals surface area contributed by atoms with Crippen LogP contribution in [0.25, 0.3) is 0 Å². The van der Waals surface area contributed by atoms with Crippen LogP contribution in [0.2, 0.25) is 0 Å². The summed E-state index contributed by atoms with van der Waals surface area (Å²) in [5.74, 6) is 0.866. The van der Waals surface area contributed by atoms with Gasteiger partial charge in [-0.1, -0.05) is 0 Å². The van der Waals surface area contributed by atoms with Gasteiger partial charge in [-0.15, -0.1) is 0 Å². The van der Waals surface area contributed by atoms with Crippen LogP contribution in [0.5, 0.6) is 0 Å². The summed E-state index contributed by atoms with van der Waals surface area (Å²) in [4.78, 5) is 15.5. The molecule has 0 atom stereocenters. The van der Waals surface area contributed by atoms with E-state index in [9.17, 15) is 4.79 Å². The third-order valence-electron chi connectivity index (χ3n) is 3.63. The van der Waals surface area contributed by atoms with Crippen molar-refractivity contribution in [1.82, 2.24) is 9.80 Å². The molecule has 1 aliphatic heterocycles. The minimum atomic E-state index is 0.179. The Morgan fingerprint density at radius 2 is 1.81 bits per heavy atom. The van der Waals surface area contributed by atoms with Crippen molar-refractivity contribution in [1.29, 1.82) is 0 Å². The predicted molar refractivity (Wildman–Crippen MR) is 67.4 cm³/mol. The molecule has 0 radical (unpaired) electrons. The van der Waals surface area contributed by atoms with E-state index >= 15 is 0 Å². The lowest BCUT2D eigenvalue weighted by atomic mass is 9.92. The molecule has 1 aliphatic rings. The summed E-state index contributed by atoms with van der Waals surface area (Å²) < 4.78 is 0. The highest BCUT2D eigenvalue weighted by Crippen LogP contribution is 2.24. The molecular weight excluding hydrogens is 200 g/mol. The van der Waals surface area contributed by atoms with Crippen LogP contribution in [-0.4, -0.2) is 47.9 Å². The van der Waals surface area contributed by atoms with E-state index in [1.54, 1.807) is 6.92 Å². The molecule has 0 bridgehead atoms. The first-order valence-corrected chi connectivity index (χ1v) is 6.27. The average Bonchev–Trinajstić information content (AvgIpc) is 2.17. The van der Waals surface area contributed by atoms with Gasteiger partial charge in [0.15, 0.2) is 0 Å². The van der Waals surface area contributed by atoms with E-state index in [1.165, 1.54) is 25.9 Å². The highest BCUT2D eigenvalue weighted by Gasteiger charge is 2.27. The van der Waals surface area contributed by atoms with E-state index in [2.05, 4.69) is 25.7 Å². The van der Waals surface area contributed by atoms with Gasteiger partial charge in [-0.25, -0.2) is 0 Å².